The van der Waals surface area contributed by atoms with Crippen LogP contribution in [0.15, 0.2) is 41.3 Å². The average Bonchev–Trinajstić information content (AvgIpc) is 3.06. The van der Waals surface area contributed by atoms with Gasteiger partial charge in [0.25, 0.3) is 5.91 Å². The van der Waals surface area contributed by atoms with Crippen LogP contribution in [0.25, 0.3) is 10.2 Å². The zero-order valence-corrected chi connectivity index (χ0v) is 18.9. The van der Waals surface area contributed by atoms with Crippen molar-refractivity contribution in [2.24, 2.45) is 0 Å². The van der Waals surface area contributed by atoms with E-state index in [4.69, 9.17) is 16.6 Å². The van der Waals surface area contributed by atoms with E-state index in [0.29, 0.717) is 22.3 Å². The summed E-state index contributed by atoms with van der Waals surface area (Å²) in [4.78, 5) is 23.1. The topological polar surface area (TPSA) is 36.4 Å². The number of fused-ring (bicyclic) bond motifs is 1. The minimum atomic E-state index is -0.0299. The highest BCUT2D eigenvalue weighted by atomic mass is 35.5. The maximum atomic E-state index is 13.3. The lowest BCUT2D eigenvalue weighted by atomic mass is 10.2. The van der Waals surface area contributed by atoms with Crippen LogP contribution in [0.1, 0.15) is 22.8 Å². The second-order valence-corrected chi connectivity index (χ2v) is 9.57. The molecule has 0 saturated heterocycles. The van der Waals surface area contributed by atoms with Crippen LogP contribution in [-0.4, -0.2) is 48.7 Å². The Hall–Kier alpha value is -1.60. The number of amides is 1. The van der Waals surface area contributed by atoms with Gasteiger partial charge in [-0.1, -0.05) is 29.9 Å². The monoisotopic (exact) mass is 433 g/mol. The molecule has 0 fully saturated rings. The van der Waals surface area contributed by atoms with Crippen LogP contribution in [0.4, 0.5) is 5.13 Å². The largest absolute Gasteiger partial charge is 0.308 e. The van der Waals surface area contributed by atoms with Gasteiger partial charge in [-0.3, -0.25) is 9.69 Å². The fraction of sp³-hybridized carbons (Fsp3) is 0.333. The molecule has 4 nitrogen and oxygen atoms in total. The molecule has 7 heteroatoms. The Kier molecular flexibility index (Phi) is 6.99. The van der Waals surface area contributed by atoms with Gasteiger partial charge in [0.05, 0.1) is 10.2 Å². The summed E-state index contributed by atoms with van der Waals surface area (Å²) in [6, 6.07) is 11.6. The quantitative estimate of drug-likeness (QED) is 0.456. The average molecular weight is 434 g/mol. The number of aromatic nitrogens is 1. The van der Waals surface area contributed by atoms with E-state index in [2.05, 4.69) is 11.8 Å². The molecule has 2 aromatic carbocycles. The third-order valence-corrected chi connectivity index (χ3v) is 6.44. The number of carbonyl (C=O) groups excluding carboxylic acids is 1. The van der Waals surface area contributed by atoms with Crippen LogP contribution in [0.2, 0.25) is 5.02 Å². The van der Waals surface area contributed by atoms with Gasteiger partial charge in [-0.25, -0.2) is 4.98 Å². The molecule has 0 unspecified atom stereocenters. The number of likely N-dealkylation sites (N-methyl/N-ethyl adjacent to an activating group) is 1. The molecule has 0 bridgehead atoms. The van der Waals surface area contributed by atoms with Crippen LogP contribution in [-0.2, 0) is 0 Å². The van der Waals surface area contributed by atoms with Gasteiger partial charge < -0.3 is 4.90 Å². The van der Waals surface area contributed by atoms with Gasteiger partial charge in [0, 0.05) is 28.6 Å². The summed E-state index contributed by atoms with van der Waals surface area (Å²) in [7, 11) is 4.00. The first-order valence-electron chi connectivity index (χ1n) is 9.15. The van der Waals surface area contributed by atoms with E-state index in [0.717, 1.165) is 28.1 Å². The Morgan fingerprint density at radius 3 is 2.54 bits per heavy atom. The highest BCUT2D eigenvalue weighted by Gasteiger charge is 2.22. The van der Waals surface area contributed by atoms with Crippen molar-refractivity contribution < 1.29 is 4.79 Å². The van der Waals surface area contributed by atoms with Gasteiger partial charge in [0.2, 0.25) is 0 Å². The van der Waals surface area contributed by atoms with Gasteiger partial charge in [-0.05, 0) is 68.7 Å². The molecule has 1 aromatic heterocycles. The molecule has 3 aromatic rings. The van der Waals surface area contributed by atoms with Crippen molar-refractivity contribution in [2.75, 3.05) is 37.8 Å². The van der Waals surface area contributed by atoms with Crippen LogP contribution < -0.4 is 4.90 Å². The number of thioether (sulfide) groups is 1. The molecule has 1 amide bonds. The van der Waals surface area contributed by atoms with E-state index < -0.39 is 0 Å². The predicted molar refractivity (Wildman–Crippen MR) is 122 cm³/mol. The normalized spacial score (nSPS) is 11.4. The number of nitrogens with zero attached hydrogens (tertiary/aromatic N) is 3. The number of hydrogen-bond donors (Lipinski definition) is 0. The lowest BCUT2D eigenvalue weighted by molar-refractivity contribution is 0.0985. The number of thiazole rings is 1. The lowest BCUT2D eigenvalue weighted by Gasteiger charge is -2.22. The Bertz CT molecular complexity index is 970. The highest BCUT2D eigenvalue weighted by molar-refractivity contribution is 7.99. The summed E-state index contributed by atoms with van der Waals surface area (Å²) < 4.78 is 0.998. The van der Waals surface area contributed by atoms with Crippen molar-refractivity contribution in [3.63, 3.8) is 0 Å². The van der Waals surface area contributed by atoms with Gasteiger partial charge in [0.1, 0.15) is 0 Å². The summed E-state index contributed by atoms with van der Waals surface area (Å²) in [5.74, 6) is 0.980. The first-order valence-corrected chi connectivity index (χ1v) is 11.3. The molecule has 0 aliphatic carbocycles. The summed E-state index contributed by atoms with van der Waals surface area (Å²) in [5.41, 5.74) is 2.60. The smallest absolute Gasteiger partial charge is 0.260 e. The van der Waals surface area contributed by atoms with Crippen LogP contribution in [0, 0.1) is 6.92 Å². The summed E-state index contributed by atoms with van der Waals surface area (Å²) in [6.07, 6.45) is 0. The number of anilines is 1. The molecule has 0 radical (unpaired) electrons. The third-order valence-electron chi connectivity index (χ3n) is 4.30. The summed E-state index contributed by atoms with van der Waals surface area (Å²) >= 11 is 9.48. The van der Waals surface area contributed by atoms with Crippen LogP contribution >= 0.6 is 34.7 Å². The molecule has 0 aliphatic heterocycles. The molecule has 0 aliphatic rings. The molecule has 3 rings (SSSR count). The molecule has 148 valence electrons. The minimum Gasteiger partial charge on any atom is -0.308 e. The van der Waals surface area contributed by atoms with E-state index in [-0.39, 0.29) is 5.91 Å². The van der Waals surface area contributed by atoms with E-state index in [1.807, 2.05) is 57.4 Å². The van der Waals surface area contributed by atoms with E-state index in [1.54, 1.807) is 16.7 Å². The van der Waals surface area contributed by atoms with Crippen molar-refractivity contribution in [2.45, 2.75) is 18.7 Å². The standard InChI is InChI=1S/C21H24ClN3OS2/c1-5-27-17-8-6-15(7-9-17)20(26)25(11-10-24(3)4)21-23-19-14(2)12-16(22)13-18(19)28-21/h6-9,12-13H,5,10-11H2,1-4H3. The molecule has 0 N–H and O–H groups in total. The van der Waals surface area contributed by atoms with Gasteiger partial charge in [0.15, 0.2) is 5.13 Å². The molecular formula is C21H24ClN3OS2. The van der Waals surface area contributed by atoms with Crippen molar-refractivity contribution in [3.05, 3.63) is 52.5 Å². The van der Waals surface area contributed by atoms with Crippen molar-refractivity contribution in [1.82, 2.24) is 9.88 Å². The first kappa shape index (κ1) is 21.1. The number of aryl methyl sites for hydroxylation is 1. The second-order valence-electron chi connectivity index (χ2n) is 6.78. The predicted octanol–water partition coefficient (Wildman–Crippen LogP) is 5.58. The van der Waals surface area contributed by atoms with Crippen molar-refractivity contribution >= 4 is 56.0 Å². The number of halogens is 1. The van der Waals surface area contributed by atoms with E-state index >= 15 is 0 Å². The fourth-order valence-electron chi connectivity index (χ4n) is 2.86. The molecule has 0 saturated carbocycles. The van der Waals surface area contributed by atoms with Gasteiger partial charge in [-0.15, -0.1) is 11.8 Å². The highest BCUT2D eigenvalue weighted by Crippen LogP contribution is 2.33. The number of hydrogen-bond acceptors (Lipinski definition) is 5. The Labute approximate surface area is 179 Å². The Balaban J connectivity index is 1.96. The zero-order chi connectivity index (χ0) is 20.3. The van der Waals surface area contributed by atoms with Crippen molar-refractivity contribution in [1.29, 1.82) is 0 Å². The fourth-order valence-corrected chi connectivity index (χ4v) is 4.96. The molecular weight excluding hydrogens is 410 g/mol. The number of carbonyl (C=O) groups is 1. The molecule has 0 spiro atoms. The molecule has 28 heavy (non-hydrogen) atoms. The van der Waals surface area contributed by atoms with Crippen LogP contribution in [0.3, 0.4) is 0 Å². The lowest BCUT2D eigenvalue weighted by Crippen LogP contribution is -2.36. The maximum absolute atomic E-state index is 13.3. The summed E-state index contributed by atoms with van der Waals surface area (Å²) in [6.45, 7) is 5.44. The second kappa shape index (κ2) is 9.27. The van der Waals surface area contributed by atoms with Crippen molar-refractivity contribution in [3.8, 4) is 0 Å². The van der Waals surface area contributed by atoms with Gasteiger partial charge >= 0.3 is 0 Å². The SMILES string of the molecule is CCSc1ccc(C(=O)N(CCN(C)C)c2nc3c(C)cc(Cl)cc3s2)cc1. The minimum absolute atomic E-state index is 0.0299. The van der Waals surface area contributed by atoms with E-state index in [1.165, 1.54) is 16.2 Å². The summed E-state index contributed by atoms with van der Waals surface area (Å²) in [5, 5.41) is 1.40. The molecule has 1 heterocycles. The first-order chi connectivity index (χ1) is 13.4. The number of rotatable bonds is 7. The maximum Gasteiger partial charge on any atom is 0.260 e. The van der Waals surface area contributed by atoms with Gasteiger partial charge in [-0.2, -0.15) is 0 Å². The zero-order valence-electron chi connectivity index (χ0n) is 16.5. The Morgan fingerprint density at radius 1 is 1.18 bits per heavy atom. The van der Waals surface area contributed by atoms with E-state index in [9.17, 15) is 4.79 Å². The third kappa shape index (κ3) is 4.87. The number of benzene rings is 2. The Morgan fingerprint density at radius 2 is 1.89 bits per heavy atom. The molecule has 0 atom stereocenters. The van der Waals surface area contributed by atoms with Crippen LogP contribution in [0.5, 0.6) is 0 Å².